The fraction of sp³-hybridized carbons (Fsp3) is 0.409. The van der Waals surface area contributed by atoms with Crippen LogP contribution in [0.3, 0.4) is 0 Å². The van der Waals surface area contributed by atoms with E-state index in [9.17, 15) is 4.79 Å². The van der Waals surface area contributed by atoms with Crippen LogP contribution in [0.5, 0.6) is 11.5 Å². The molecule has 1 aliphatic rings. The number of hydrogen-bond donors (Lipinski definition) is 1. The van der Waals surface area contributed by atoms with E-state index < -0.39 is 0 Å². The normalized spacial score (nSPS) is 14.2. The highest BCUT2D eigenvalue weighted by atomic mass is 16.5. The number of fused-ring (bicyclic) bond motifs is 1. The van der Waals surface area contributed by atoms with Gasteiger partial charge in [-0.2, -0.15) is 0 Å². The molecule has 0 saturated carbocycles. The van der Waals surface area contributed by atoms with Gasteiger partial charge in [-0.3, -0.25) is 4.79 Å². The van der Waals surface area contributed by atoms with E-state index in [0.717, 1.165) is 24.3 Å². The van der Waals surface area contributed by atoms with E-state index >= 15 is 0 Å². The molecule has 0 unspecified atom stereocenters. The summed E-state index contributed by atoms with van der Waals surface area (Å²) < 4.78 is 11.5. The second-order valence-corrected chi connectivity index (χ2v) is 6.98. The van der Waals surface area contributed by atoms with E-state index in [-0.39, 0.29) is 18.6 Å². The molecule has 1 aliphatic carbocycles. The molecule has 138 valence electrons. The number of nitrogens with one attached hydrogen (secondary N) is 1. The summed E-state index contributed by atoms with van der Waals surface area (Å²) in [5, 5.41) is 2.92. The maximum absolute atomic E-state index is 12.2. The molecule has 1 atom stereocenters. The van der Waals surface area contributed by atoms with Gasteiger partial charge in [-0.05, 0) is 68.9 Å². The van der Waals surface area contributed by atoms with Crippen LogP contribution in [0.4, 0.5) is 0 Å². The Labute approximate surface area is 155 Å². The molecule has 2 aromatic carbocycles. The Morgan fingerprint density at radius 3 is 2.65 bits per heavy atom. The maximum Gasteiger partial charge on any atom is 0.258 e. The molecule has 0 heterocycles. The molecule has 0 aromatic heterocycles. The third-order valence-corrected chi connectivity index (χ3v) is 4.64. The summed E-state index contributed by atoms with van der Waals surface area (Å²) >= 11 is 0. The molecule has 1 amide bonds. The second kappa shape index (κ2) is 8.75. The van der Waals surface area contributed by atoms with Crippen molar-refractivity contribution in [3.05, 3.63) is 59.2 Å². The van der Waals surface area contributed by atoms with Gasteiger partial charge in [-0.25, -0.2) is 0 Å². The largest absolute Gasteiger partial charge is 0.491 e. The molecule has 0 aliphatic heterocycles. The molecule has 4 heteroatoms. The Balaban J connectivity index is 1.44. The lowest BCUT2D eigenvalue weighted by atomic mass is 9.91. The highest BCUT2D eigenvalue weighted by molar-refractivity contribution is 5.77. The summed E-state index contributed by atoms with van der Waals surface area (Å²) in [6, 6.07) is 13.9. The zero-order valence-electron chi connectivity index (χ0n) is 15.6. The predicted octanol–water partition coefficient (Wildman–Crippen LogP) is 3.84. The molecule has 0 saturated heterocycles. The van der Waals surface area contributed by atoms with Crippen LogP contribution in [0.2, 0.25) is 0 Å². The number of amides is 1. The molecule has 26 heavy (non-hydrogen) atoms. The van der Waals surface area contributed by atoms with Crippen molar-refractivity contribution in [2.75, 3.05) is 13.2 Å². The summed E-state index contributed by atoms with van der Waals surface area (Å²) in [5.41, 5.74) is 3.82. The van der Waals surface area contributed by atoms with Crippen molar-refractivity contribution in [3.8, 4) is 11.5 Å². The van der Waals surface area contributed by atoms with Gasteiger partial charge in [0.25, 0.3) is 5.91 Å². The SMILES string of the molecule is Cc1ccc(OC[C@H](C)NC(=O)COc2cccc3c2CCCC3)cc1. The van der Waals surface area contributed by atoms with E-state index in [1.807, 2.05) is 50.2 Å². The average Bonchev–Trinajstić information content (AvgIpc) is 2.66. The highest BCUT2D eigenvalue weighted by Crippen LogP contribution is 2.29. The van der Waals surface area contributed by atoms with Crippen LogP contribution >= 0.6 is 0 Å². The van der Waals surface area contributed by atoms with Gasteiger partial charge in [-0.1, -0.05) is 29.8 Å². The van der Waals surface area contributed by atoms with E-state index in [1.165, 1.54) is 29.5 Å². The first-order chi connectivity index (χ1) is 12.6. The molecular formula is C22H27NO3. The van der Waals surface area contributed by atoms with Gasteiger partial charge in [0.15, 0.2) is 6.61 Å². The smallest absolute Gasteiger partial charge is 0.258 e. The lowest BCUT2D eigenvalue weighted by Gasteiger charge is -2.20. The zero-order valence-corrected chi connectivity index (χ0v) is 15.6. The Bertz CT molecular complexity index is 740. The third kappa shape index (κ3) is 5.01. The van der Waals surface area contributed by atoms with E-state index in [0.29, 0.717) is 6.61 Å². The van der Waals surface area contributed by atoms with Crippen molar-refractivity contribution in [2.24, 2.45) is 0 Å². The van der Waals surface area contributed by atoms with Crippen molar-refractivity contribution in [2.45, 2.75) is 45.6 Å². The van der Waals surface area contributed by atoms with Crippen molar-refractivity contribution >= 4 is 5.91 Å². The first kappa shape index (κ1) is 18.3. The summed E-state index contributed by atoms with van der Waals surface area (Å²) in [6.45, 7) is 4.42. The van der Waals surface area contributed by atoms with Crippen molar-refractivity contribution in [1.82, 2.24) is 5.32 Å². The second-order valence-electron chi connectivity index (χ2n) is 6.98. The van der Waals surface area contributed by atoms with Gasteiger partial charge in [0.2, 0.25) is 0 Å². The number of carbonyl (C=O) groups is 1. The standard InChI is InChI=1S/C22H27NO3/c1-16-10-12-19(13-11-16)25-14-17(2)23-22(24)15-26-21-9-5-7-18-6-3-4-8-20(18)21/h5,7,9-13,17H,3-4,6,8,14-15H2,1-2H3,(H,23,24)/t17-/m0/s1. The number of aryl methyl sites for hydroxylation is 2. The minimum absolute atomic E-state index is 0.0331. The van der Waals surface area contributed by atoms with E-state index in [4.69, 9.17) is 9.47 Å². The van der Waals surface area contributed by atoms with Crippen LogP contribution in [0.1, 0.15) is 36.5 Å². The van der Waals surface area contributed by atoms with Gasteiger partial charge < -0.3 is 14.8 Å². The molecule has 1 N–H and O–H groups in total. The van der Waals surface area contributed by atoms with Crippen molar-refractivity contribution < 1.29 is 14.3 Å². The molecule has 2 aromatic rings. The molecular weight excluding hydrogens is 326 g/mol. The summed E-state index contributed by atoms with van der Waals surface area (Å²) in [4.78, 5) is 12.2. The van der Waals surface area contributed by atoms with Crippen LogP contribution < -0.4 is 14.8 Å². The minimum atomic E-state index is -0.126. The summed E-state index contributed by atoms with van der Waals surface area (Å²) in [6.07, 6.45) is 4.56. The quantitative estimate of drug-likeness (QED) is 0.823. The molecule has 0 fully saturated rings. The lowest BCUT2D eigenvalue weighted by molar-refractivity contribution is -0.123. The fourth-order valence-electron chi connectivity index (χ4n) is 3.24. The average molecular weight is 353 g/mol. The monoisotopic (exact) mass is 353 g/mol. The predicted molar refractivity (Wildman–Crippen MR) is 103 cm³/mol. The Kier molecular flexibility index (Phi) is 6.16. The molecule has 0 bridgehead atoms. The zero-order chi connectivity index (χ0) is 18.4. The first-order valence-corrected chi connectivity index (χ1v) is 9.34. The van der Waals surface area contributed by atoms with Crippen LogP contribution in [0.25, 0.3) is 0 Å². The Morgan fingerprint density at radius 2 is 1.85 bits per heavy atom. The number of carbonyl (C=O) groups excluding carboxylic acids is 1. The highest BCUT2D eigenvalue weighted by Gasteiger charge is 2.15. The van der Waals surface area contributed by atoms with Gasteiger partial charge in [0, 0.05) is 0 Å². The lowest BCUT2D eigenvalue weighted by Crippen LogP contribution is -2.39. The summed E-state index contributed by atoms with van der Waals surface area (Å²) in [5.74, 6) is 1.53. The van der Waals surface area contributed by atoms with Crippen LogP contribution in [0.15, 0.2) is 42.5 Å². The molecule has 3 rings (SSSR count). The van der Waals surface area contributed by atoms with Crippen LogP contribution in [-0.4, -0.2) is 25.2 Å². The third-order valence-electron chi connectivity index (χ3n) is 4.64. The minimum Gasteiger partial charge on any atom is -0.491 e. The first-order valence-electron chi connectivity index (χ1n) is 9.34. The number of benzene rings is 2. The number of hydrogen-bond acceptors (Lipinski definition) is 3. The van der Waals surface area contributed by atoms with Gasteiger partial charge in [0.1, 0.15) is 18.1 Å². The number of ether oxygens (including phenoxy) is 2. The molecule has 0 spiro atoms. The van der Waals surface area contributed by atoms with Gasteiger partial charge in [-0.15, -0.1) is 0 Å². The fourth-order valence-corrected chi connectivity index (χ4v) is 3.24. The van der Waals surface area contributed by atoms with Gasteiger partial charge >= 0.3 is 0 Å². The van der Waals surface area contributed by atoms with E-state index in [2.05, 4.69) is 11.4 Å². The molecule has 4 nitrogen and oxygen atoms in total. The van der Waals surface area contributed by atoms with Crippen molar-refractivity contribution in [1.29, 1.82) is 0 Å². The topological polar surface area (TPSA) is 47.6 Å². The van der Waals surface area contributed by atoms with Crippen LogP contribution in [-0.2, 0) is 17.6 Å². The Morgan fingerprint density at radius 1 is 1.08 bits per heavy atom. The summed E-state index contributed by atoms with van der Waals surface area (Å²) in [7, 11) is 0. The Hall–Kier alpha value is -2.49. The van der Waals surface area contributed by atoms with Gasteiger partial charge in [0.05, 0.1) is 6.04 Å². The van der Waals surface area contributed by atoms with E-state index in [1.54, 1.807) is 0 Å². The van der Waals surface area contributed by atoms with Crippen LogP contribution in [0, 0.1) is 6.92 Å². The maximum atomic E-state index is 12.2. The molecule has 0 radical (unpaired) electrons. The van der Waals surface area contributed by atoms with Crippen molar-refractivity contribution in [3.63, 3.8) is 0 Å². The number of rotatable bonds is 7.